The normalized spacial score (nSPS) is 26.6. The second kappa shape index (κ2) is 6.32. The lowest BCUT2D eigenvalue weighted by Gasteiger charge is -2.30. The number of nitrogens with zero attached hydrogens (tertiary/aromatic N) is 1. The van der Waals surface area contributed by atoms with Gasteiger partial charge < -0.3 is 4.90 Å². The summed E-state index contributed by atoms with van der Waals surface area (Å²) in [4.78, 5) is 2.53. The lowest BCUT2D eigenvalue weighted by atomic mass is 9.80. The summed E-state index contributed by atoms with van der Waals surface area (Å²) in [5, 5.41) is 2.64. The molecule has 1 heterocycles. The molecule has 26 heavy (non-hydrogen) atoms. The Morgan fingerprint density at radius 1 is 0.731 bits per heavy atom. The van der Waals surface area contributed by atoms with Gasteiger partial charge in [0.1, 0.15) is 0 Å². The van der Waals surface area contributed by atoms with Crippen LogP contribution in [0.15, 0.2) is 71.8 Å². The molecule has 1 aliphatic heterocycles. The smallest absolute Gasteiger partial charge is 0.0402 e. The third-order valence-electron chi connectivity index (χ3n) is 6.45. The van der Waals surface area contributed by atoms with E-state index in [0.29, 0.717) is 12.0 Å². The van der Waals surface area contributed by atoms with E-state index in [4.69, 9.17) is 0 Å². The Kier molecular flexibility index (Phi) is 3.81. The van der Waals surface area contributed by atoms with Crippen LogP contribution in [0.5, 0.6) is 0 Å². The standard InChI is InChI=1S/C25H25N/c1-26-24-9-5-4-8-22(24)23-16-14-20-12-10-18-6-2-3-7-19(18)11-13-21(20)15-17-25(23)26/h2-13,23,25H,14-17H2,1H3/b12-10?,13-11?,18-10-,19-11-,20-12?,21-13?,21-20?. The van der Waals surface area contributed by atoms with Crippen molar-refractivity contribution in [1.29, 1.82) is 0 Å². The molecule has 1 nitrogen and oxygen atoms in total. The number of allylic oxidation sites excluding steroid dienone is 4. The molecule has 130 valence electrons. The Hall–Kier alpha value is -2.54. The summed E-state index contributed by atoms with van der Waals surface area (Å²) >= 11 is 0. The minimum atomic E-state index is 0.636. The van der Waals surface area contributed by atoms with Crippen molar-refractivity contribution in [2.24, 2.45) is 0 Å². The highest BCUT2D eigenvalue weighted by atomic mass is 15.2. The van der Waals surface area contributed by atoms with Gasteiger partial charge >= 0.3 is 0 Å². The van der Waals surface area contributed by atoms with E-state index in [1.165, 1.54) is 46.5 Å². The average molecular weight is 339 g/mol. The SMILES string of the molecule is CN1c2ccccc2C2CCC3=C/C=c4/cccc/c4=C/C=C3CCC21. The van der Waals surface area contributed by atoms with E-state index in [-0.39, 0.29) is 0 Å². The molecule has 1 fully saturated rings. The van der Waals surface area contributed by atoms with Crippen LogP contribution in [0.1, 0.15) is 37.2 Å². The minimum absolute atomic E-state index is 0.636. The molecule has 1 heteroatoms. The number of para-hydroxylation sites is 1. The molecular weight excluding hydrogens is 314 g/mol. The number of hydrogen-bond acceptors (Lipinski definition) is 1. The van der Waals surface area contributed by atoms with Crippen LogP contribution < -0.4 is 15.3 Å². The molecule has 1 saturated carbocycles. The van der Waals surface area contributed by atoms with Gasteiger partial charge in [0.15, 0.2) is 0 Å². The molecule has 0 saturated heterocycles. The van der Waals surface area contributed by atoms with Gasteiger partial charge in [-0.05, 0) is 58.9 Å². The fourth-order valence-corrected chi connectivity index (χ4v) is 5.03. The van der Waals surface area contributed by atoms with E-state index in [1.807, 2.05) is 0 Å². The molecule has 3 aliphatic rings. The van der Waals surface area contributed by atoms with Crippen molar-refractivity contribution in [3.05, 3.63) is 87.8 Å². The van der Waals surface area contributed by atoms with Crippen molar-refractivity contribution >= 4 is 17.8 Å². The molecule has 0 N–H and O–H groups in total. The molecule has 2 aliphatic carbocycles. The van der Waals surface area contributed by atoms with Crippen molar-refractivity contribution in [3.63, 3.8) is 0 Å². The van der Waals surface area contributed by atoms with Gasteiger partial charge in [-0.3, -0.25) is 0 Å². The van der Waals surface area contributed by atoms with Gasteiger partial charge in [-0.25, -0.2) is 0 Å². The Morgan fingerprint density at radius 2 is 1.35 bits per heavy atom. The second-order valence-electron chi connectivity index (χ2n) is 7.77. The van der Waals surface area contributed by atoms with Gasteiger partial charge in [-0.2, -0.15) is 0 Å². The zero-order chi connectivity index (χ0) is 17.5. The monoisotopic (exact) mass is 339 g/mol. The van der Waals surface area contributed by atoms with E-state index in [0.717, 1.165) is 6.42 Å². The van der Waals surface area contributed by atoms with Crippen LogP contribution in [0.2, 0.25) is 0 Å². The number of fused-ring (bicyclic) bond motifs is 5. The maximum Gasteiger partial charge on any atom is 0.0402 e. The molecule has 0 amide bonds. The molecule has 5 rings (SSSR count). The maximum atomic E-state index is 2.53. The molecule has 2 atom stereocenters. The average Bonchev–Trinajstić information content (AvgIpc) is 2.91. The van der Waals surface area contributed by atoms with E-state index in [1.54, 1.807) is 5.56 Å². The highest BCUT2D eigenvalue weighted by Crippen LogP contribution is 2.46. The maximum absolute atomic E-state index is 2.53. The Balaban J connectivity index is 1.53. The summed E-state index contributed by atoms with van der Waals surface area (Å²) in [5.74, 6) is 0.667. The molecule has 2 aromatic carbocycles. The zero-order valence-electron chi connectivity index (χ0n) is 15.4. The lowest BCUT2D eigenvalue weighted by molar-refractivity contribution is 0.472. The number of benzene rings is 2. The third-order valence-corrected chi connectivity index (χ3v) is 6.45. The fraction of sp³-hybridized carbons (Fsp3) is 0.280. The number of rotatable bonds is 0. The first-order valence-electron chi connectivity index (χ1n) is 9.80. The Bertz CT molecular complexity index is 1020. The molecule has 0 aromatic heterocycles. The summed E-state index contributed by atoms with van der Waals surface area (Å²) in [6, 6.07) is 18.3. The van der Waals surface area contributed by atoms with Crippen LogP contribution in [0, 0.1) is 0 Å². The summed E-state index contributed by atoms with van der Waals surface area (Å²) in [6.45, 7) is 0. The molecule has 0 radical (unpaired) electrons. The van der Waals surface area contributed by atoms with Crippen molar-refractivity contribution < 1.29 is 0 Å². The van der Waals surface area contributed by atoms with Gasteiger partial charge in [0, 0.05) is 24.7 Å². The van der Waals surface area contributed by atoms with E-state index >= 15 is 0 Å². The Labute approximate surface area is 155 Å². The number of anilines is 1. The van der Waals surface area contributed by atoms with Gasteiger partial charge in [-0.1, -0.05) is 66.8 Å². The number of likely N-dealkylation sites (N-methyl/N-ethyl adjacent to an activating group) is 1. The first-order chi connectivity index (χ1) is 12.8. The van der Waals surface area contributed by atoms with Gasteiger partial charge in [0.05, 0.1) is 0 Å². The lowest BCUT2D eigenvalue weighted by Crippen LogP contribution is -2.31. The summed E-state index contributed by atoms with van der Waals surface area (Å²) in [7, 11) is 2.28. The first kappa shape index (κ1) is 15.7. The highest BCUT2D eigenvalue weighted by molar-refractivity contribution is 5.62. The van der Waals surface area contributed by atoms with Gasteiger partial charge in [-0.15, -0.1) is 0 Å². The molecule has 2 aromatic rings. The van der Waals surface area contributed by atoms with Crippen LogP contribution in [0.3, 0.4) is 0 Å². The van der Waals surface area contributed by atoms with Crippen LogP contribution in [0.25, 0.3) is 12.2 Å². The molecule has 2 unspecified atom stereocenters. The predicted octanol–water partition coefficient (Wildman–Crippen LogP) is 4.29. The van der Waals surface area contributed by atoms with Crippen molar-refractivity contribution in [2.45, 2.75) is 37.6 Å². The van der Waals surface area contributed by atoms with Crippen molar-refractivity contribution in [2.75, 3.05) is 11.9 Å². The Morgan fingerprint density at radius 3 is 2.08 bits per heavy atom. The zero-order valence-corrected chi connectivity index (χ0v) is 15.4. The molecule has 0 bridgehead atoms. The minimum Gasteiger partial charge on any atom is -0.371 e. The van der Waals surface area contributed by atoms with E-state index < -0.39 is 0 Å². The largest absolute Gasteiger partial charge is 0.371 e. The van der Waals surface area contributed by atoms with Crippen LogP contribution >= 0.6 is 0 Å². The van der Waals surface area contributed by atoms with Crippen LogP contribution in [-0.2, 0) is 0 Å². The predicted molar refractivity (Wildman–Crippen MR) is 111 cm³/mol. The van der Waals surface area contributed by atoms with Crippen LogP contribution in [-0.4, -0.2) is 13.1 Å². The fourth-order valence-electron chi connectivity index (χ4n) is 5.03. The first-order valence-corrected chi connectivity index (χ1v) is 9.80. The topological polar surface area (TPSA) is 3.24 Å². The van der Waals surface area contributed by atoms with Crippen molar-refractivity contribution in [3.8, 4) is 0 Å². The second-order valence-corrected chi connectivity index (χ2v) is 7.77. The summed E-state index contributed by atoms with van der Waals surface area (Å²) < 4.78 is 0. The van der Waals surface area contributed by atoms with Gasteiger partial charge in [0.2, 0.25) is 0 Å². The van der Waals surface area contributed by atoms with E-state index in [2.05, 4.69) is 84.8 Å². The highest BCUT2D eigenvalue weighted by Gasteiger charge is 2.36. The van der Waals surface area contributed by atoms with E-state index in [9.17, 15) is 0 Å². The molecular formula is C25H25N. The van der Waals surface area contributed by atoms with Crippen molar-refractivity contribution in [1.82, 2.24) is 0 Å². The number of hydrogen-bond donors (Lipinski definition) is 0. The van der Waals surface area contributed by atoms with Crippen LogP contribution in [0.4, 0.5) is 5.69 Å². The summed E-state index contributed by atoms with van der Waals surface area (Å²) in [6.07, 6.45) is 14.2. The third kappa shape index (κ3) is 2.54. The quantitative estimate of drug-likeness (QED) is 0.692. The van der Waals surface area contributed by atoms with Gasteiger partial charge in [0.25, 0.3) is 0 Å². The summed E-state index contributed by atoms with van der Waals surface area (Å²) in [5.41, 5.74) is 6.05. The molecule has 0 spiro atoms.